The number of hydrogen-bond donors (Lipinski definition) is 2. The van der Waals surface area contributed by atoms with Crippen molar-refractivity contribution in [3.05, 3.63) is 65.2 Å². The Bertz CT molecular complexity index is 872. The Morgan fingerprint density at radius 3 is 2.59 bits per heavy atom. The van der Waals surface area contributed by atoms with E-state index in [1.807, 2.05) is 42.5 Å². The summed E-state index contributed by atoms with van der Waals surface area (Å²) in [6, 6.07) is 18.3. The molecule has 3 nitrogen and oxygen atoms in total. The number of halogens is 1. The first-order valence-electron chi connectivity index (χ1n) is 10.4. The normalized spacial score (nSPS) is 27.0. The van der Waals surface area contributed by atoms with E-state index in [0.29, 0.717) is 33.9 Å². The molecule has 2 N–H and O–H groups in total. The fraction of sp³-hybridized carbons (Fsp3) is 0.458. The molecule has 5 heteroatoms. The Morgan fingerprint density at radius 2 is 1.93 bits per heavy atom. The molecule has 0 heterocycles. The number of thiocarbonyl (C=S) groups is 1. The minimum absolute atomic E-state index is 0.199. The van der Waals surface area contributed by atoms with Crippen molar-refractivity contribution in [2.45, 2.75) is 39.3 Å². The van der Waals surface area contributed by atoms with E-state index in [-0.39, 0.29) is 18.6 Å². The Labute approximate surface area is 184 Å². The second-order valence-corrected chi connectivity index (χ2v) is 9.89. The zero-order valence-corrected chi connectivity index (χ0v) is 18.6. The molecule has 3 aliphatic carbocycles. The zero-order chi connectivity index (χ0) is 20.6. The van der Waals surface area contributed by atoms with Crippen molar-refractivity contribution >= 4 is 34.6 Å². The Hall–Kier alpha value is -1.62. The molecule has 0 aromatic heterocycles. The van der Waals surface area contributed by atoms with Crippen LogP contribution in [0.1, 0.15) is 32.3 Å². The highest BCUT2D eigenvalue weighted by atomic mass is 35.5. The second kappa shape index (κ2) is 8.25. The molecular formula is C24H29ClN2OS. The zero-order valence-electron chi connectivity index (χ0n) is 17.0. The van der Waals surface area contributed by atoms with Crippen molar-refractivity contribution in [2.24, 2.45) is 23.2 Å². The molecule has 4 atom stereocenters. The van der Waals surface area contributed by atoms with Crippen LogP contribution in [0.5, 0.6) is 0 Å². The van der Waals surface area contributed by atoms with Crippen LogP contribution in [0.15, 0.2) is 54.6 Å². The number of aliphatic hydroxyl groups excluding tert-OH is 1. The van der Waals surface area contributed by atoms with Gasteiger partial charge in [-0.2, -0.15) is 0 Å². The van der Waals surface area contributed by atoms with Crippen LogP contribution >= 0.6 is 23.8 Å². The van der Waals surface area contributed by atoms with E-state index >= 15 is 0 Å². The summed E-state index contributed by atoms with van der Waals surface area (Å²) < 4.78 is 0. The van der Waals surface area contributed by atoms with Gasteiger partial charge >= 0.3 is 0 Å². The van der Waals surface area contributed by atoms with Crippen LogP contribution in [0, 0.1) is 23.2 Å². The van der Waals surface area contributed by atoms with Gasteiger partial charge in [-0.1, -0.05) is 61.8 Å². The van der Waals surface area contributed by atoms with E-state index in [2.05, 4.69) is 36.2 Å². The summed E-state index contributed by atoms with van der Waals surface area (Å²) in [5, 5.41) is 15.0. The first-order chi connectivity index (χ1) is 13.9. The largest absolute Gasteiger partial charge is 0.396 e. The molecule has 29 heavy (non-hydrogen) atoms. The predicted octanol–water partition coefficient (Wildman–Crippen LogP) is 5.26. The van der Waals surface area contributed by atoms with Gasteiger partial charge in [0.2, 0.25) is 0 Å². The van der Waals surface area contributed by atoms with Crippen LogP contribution in [0.3, 0.4) is 0 Å². The molecular weight excluding hydrogens is 400 g/mol. The Morgan fingerprint density at radius 1 is 1.17 bits per heavy atom. The maximum atomic E-state index is 10.00. The number of nitrogens with one attached hydrogen (secondary N) is 1. The van der Waals surface area contributed by atoms with Gasteiger partial charge in [-0.15, -0.1) is 0 Å². The summed E-state index contributed by atoms with van der Waals surface area (Å²) >= 11 is 12.2. The second-order valence-electron chi connectivity index (χ2n) is 9.07. The molecule has 5 rings (SSSR count). The van der Waals surface area contributed by atoms with Gasteiger partial charge in [0.25, 0.3) is 0 Å². The third kappa shape index (κ3) is 4.03. The maximum Gasteiger partial charge on any atom is 0.174 e. The molecule has 3 fully saturated rings. The van der Waals surface area contributed by atoms with Gasteiger partial charge in [0.05, 0.1) is 6.54 Å². The fourth-order valence-electron chi connectivity index (χ4n) is 5.22. The quantitative estimate of drug-likeness (QED) is 0.636. The van der Waals surface area contributed by atoms with Crippen LogP contribution in [-0.2, 0) is 6.54 Å². The summed E-state index contributed by atoms with van der Waals surface area (Å²) in [6.07, 6.45) is 2.29. The van der Waals surface area contributed by atoms with Crippen LogP contribution in [0.25, 0.3) is 0 Å². The van der Waals surface area contributed by atoms with Gasteiger partial charge in [-0.3, -0.25) is 0 Å². The molecule has 2 bridgehead atoms. The fourth-order valence-corrected chi connectivity index (χ4v) is 5.71. The first-order valence-corrected chi connectivity index (χ1v) is 11.2. The van der Waals surface area contributed by atoms with Crippen LogP contribution in [-0.4, -0.2) is 22.9 Å². The van der Waals surface area contributed by atoms with Crippen LogP contribution in [0.4, 0.5) is 5.69 Å². The number of nitrogens with zero attached hydrogens (tertiary/aromatic N) is 1. The lowest BCUT2D eigenvalue weighted by Crippen LogP contribution is -2.65. The number of benzene rings is 2. The smallest absolute Gasteiger partial charge is 0.174 e. The number of rotatable bonds is 5. The molecule has 3 saturated carbocycles. The molecule has 2 aromatic carbocycles. The number of fused-ring (bicyclic) bond motifs is 2. The molecule has 0 saturated heterocycles. The first kappa shape index (κ1) is 20.6. The summed E-state index contributed by atoms with van der Waals surface area (Å²) in [6.45, 7) is 5.59. The molecule has 0 unspecified atom stereocenters. The molecule has 0 spiro atoms. The van der Waals surface area contributed by atoms with Gasteiger partial charge in [0.1, 0.15) is 0 Å². The van der Waals surface area contributed by atoms with Crippen LogP contribution in [0.2, 0.25) is 5.02 Å². The number of aliphatic hydroxyl groups is 1. The molecule has 154 valence electrons. The van der Waals surface area contributed by atoms with E-state index in [4.69, 9.17) is 23.8 Å². The van der Waals surface area contributed by atoms with Crippen molar-refractivity contribution in [2.75, 3.05) is 11.5 Å². The third-order valence-corrected chi connectivity index (χ3v) is 7.72. The van der Waals surface area contributed by atoms with Crippen LogP contribution < -0.4 is 10.2 Å². The van der Waals surface area contributed by atoms with E-state index in [9.17, 15) is 5.11 Å². The van der Waals surface area contributed by atoms with Gasteiger partial charge in [-0.25, -0.2) is 0 Å². The molecule has 0 amide bonds. The third-order valence-electron chi connectivity index (χ3n) is 7.15. The lowest BCUT2D eigenvalue weighted by molar-refractivity contribution is -0.118. The Balaban J connectivity index is 1.59. The summed E-state index contributed by atoms with van der Waals surface area (Å²) in [5.74, 6) is 1.50. The molecule has 2 aromatic rings. The van der Waals surface area contributed by atoms with E-state index in [1.54, 1.807) is 0 Å². The van der Waals surface area contributed by atoms with E-state index < -0.39 is 0 Å². The van der Waals surface area contributed by atoms with Gasteiger partial charge in [0.15, 0.2) is 5.11 Å². The van der Waals surface area contributed by atoms with E-state index in [0.717, 1.165) is 12.1 Å². The summed E-state index contributed by atoms with van der Waals surface area (Å²) in [4.78, 5) is 2.11. The van der Waals surface area contributed by atoms with Crippen molar-refractivity contribution < 1.29 is 5.11 Å². The minimum atomic E-state index is 0.199. The van der Waals surface area contributed by atoms with Gasteiger partial charge < -0.3 is 15.3 Å². The lowest BCUT2D eigenvalue weighted by Gasteiger charge is -2.62. The topological polar surface area (TPSA) is 35.5 Å². The highest BCUT2D eigenvalue weighted by molar-refractivity contribution is 7.80. The number of hydrogen-bond acceptors (Lipinski definition) is 2. The lowest BCUT2D eigenvalue weighted by atomic mass is 9.45. The predicted molar refractivity (Wildman–Crippen MR) is 124 cm³/mol. The molecule has 3 aliphatic rings. The van der Waals surface area contributed by atoms with Crippen molar-refractivity contribution in [3.63, 3.8) is 0 Å². The van der Waals surface area contributed by atoms with Gasteiger partial charge in [-0.05, 0) is 66.1 Å². The highest BCUT2D eigenvalue weighted by Crippen LogP contribution is 2.60. The average molecular weight is 429 g/mol. The van der Waals surface area contributed by atoms with Crippen molar-refractivity contribution in [1.82, 2.24) is 5.32 Å². The molecule has 0 aliphatic heterocycles. The molecule has 0 radical (unpaired) electrons. The standard InChI is InChI=1S/C24H29ClN2OS/c1-24(2)18-11-17(15-28)22(21(24)12-18)26-23(29)27(14-16-7-4-3-5-8-16)20-10-6-9-19(25)13-20/h3-10,13,17-18,21-22,28H,11-12,14-15H2,1-2H3,(H,26,29)/t17-,18-,21-,22-/m0/s1. The minimum Gasteiger partial charge on any atom is -0.396 e. The SMILES string of the molecule is CC1(C)[C@H]2C[C@@H](CO)[C@H](NC(=S)N(Cc3ccccc3)c3cccc(Cl)c3)[C@@H]1C2. The average Bonchev–Trinajstić information content (AvgIpc) is 2.72. The maximum absolute atomic E-state index is 10.00. The summed E-state index contributed by atoms with van der Waals surface area (Å²) in [7, 11) is 0. The van der Waals surface area contributed by atoms with Crippen molar-refractivity contribution in [1.29, 1.82) is 0 Å². The van der Waals surface area contributed by atoms with E-state index in [1.165, 1.54) is 12.0 Å². The summed E-state index contributed by atoms with van der Waals surface area (Å²) in [5.41, 5.74) is 2.46. The Kier molecular flexibility index (Phi) is 5.87. The highest BCUT2D eigenvalue weighted by Gasteiger charge is 2.57. The monoisotopic (exact) mass is 428 g/mol. The van der Waals surface area contributed by atoms with Gasteiger partial charge in [0, 0.05) is 29.3 Å². The van der Waals surface area contributed by atoms with Crippen molar-refractivity contribution in [3.8, 4) is 0 Å². The number of anilines is 1.